The third kappa shape index (κ3) is 2.40. The Morgan fingerprint density at radius 1 is 1.50 bits per heavy atom. The first-order valence-corrected chi connectivity index (χ1v) is 5.63. The summed E-state index contributed by atoms with van der Waals surface area (Å²) in [6, 6.07) is 3.93. The number of benzene rings is 1. The summed E-state index contributed by atoms with van der Waals surface area (Å²) in [6.45, 7) is 2.75. The van der Waals surface area contributed by atoms with Crippen molar-refractivity contribution in [2.45, 2.75) is 19.9 Å². The molecule has 1 heterocycles. The Morgan fingerprint density at radius 3 is 2.89 bits per heavy atom. The molecule has 0 atom stereocenters. The van der Waals surface area contributed by atoms with Gasteiger partial charge < -0.3 is 9.67 Å². The van der Waals surface area contributed by atoms with Crippen molar-refractivity contribution in [2.75, 3.05) is 0 Å². The van der Waals surface area contributed by atoms with E-state index in [1.807, 2.05) is 17.7 Å². The smallest absolute Gasteiger partial charge is 0.335 e. The van der Waals surface area contributed by atoms with E-state index in [9.17, 15) is 9.18 Å². The summed E-state index contributed by atoms with van der Waals surface area (Å²) in [5.74, 6) is -0.879. The van der Waals surface area contributed by atoms with Crippen LogP contribution < -0.4 is 0 Å². The van der Waals surface area contributed by atoms with Crippen LogP contribution in [0, 0.1) is 5.82 Å². The van der Waals surface area contributed by atoms with Crippen LogP contribution in [0.5, 0.6) is 0 Å². The average molecular weight is 248 g/mol. The highest BCUT2D eigenvalue weighted by Crippen LogP contribution is 2.14. The molecule has 18 heavy (non-hydrogen) atoms. The summed E-state index contributed by atoms with van der Waals surface area (Å²) >= 11 is 0. The maximum absolute atomic E-state index is 13.7. The molecular formula is C13H13FN2O2. The Hall–Kier alpha value is -2.17. The van der Waals surface area contributed by atoms with E-state index in [4.69, 9.17) is 5.11 Å². The van der Waals surface area contributed by atoms with E-state index in [0.29, 0.717) is 12.0 Å². The maximum Gasteiger partial charge on any atom is 0.335 e. The number of aryl methyl sites for hydroxylation is 1. The zero-order valence-electron chi connectivity index (χ0n) is 9.93. The second kappa shape index (κ2) is 5.00. The number of carboxylic acid groups (broad SMARTS) is 1. The van der Waals surface area contributed by atoms with Crippen molar-refractivity contribution < 1.29 is 14.3 Å². The van der Waals surface area contributed by atoms with Gasteiger partial charge in [-0.1, -0.05) is 6.07 Å². The molecule has 5 heteroatoms. The van der Waals surface area contributed by atoms with Gasteiger partial charge in [0.15, 0.2) is 0 Å². The summed E-state index contributed by atoms with van der Waals surface area (Å²) in [4.78, 5) is 14.9. The highest BCUT2D eigenvalue weighted by Gasteiger charge is 2.10. The van der Waals surface area contributed by atoms with Crippen LogP contribution in [0.2, 0.25) is 0 Å². The average Bonchev–Trinajstić information content (AvgIpc) is 2.78. The van der Waals surface area contributed by atoms with Gasteiger partial charge in [-0.3, -0.25) is 0 Å². The molecule has 1 N–H and O–H groups in total. The minimum absolute atomic E-state index is 0.0462. The normalized spacial score (nSPS) is 10.6. The zero-order valence-corrected chi connectivity index (χ0v) is 9.93. The fourth-order valence-corrected chi connectivity index (χ4v) is 1.79. The number of halogens is 1. The zero-order chi connectivity index (χ0) is 13.1. The molecule has 0 spiro atoms. The van der Waals surface area contributed by atoms with Crippen LogP contribution in [-0.4, -0.2) is 20.6 Å². The highest BCUT2D eigenvalue weighted by atomic mass is 19.1. The first-order valence-electron chi connectivity index (χ1n) is 5.63. The summed E-state index contributed by atoms with van der Waals surface area (Å²) in [5.41, 5.74) is 0.399. The molecule has 94 valence electrons. The number of carboxylic acids is 1. The van der Waals surface area contributed by atoms with Crippen LogP contribution in [0.4, 0.5) is 4.39 Å². The first kappa shape index (κ1) is 12.3. The number of aromatic nitrogens is 2. The topological polar surface area (TPSA) is 55.1 Å². The van der Waals surface area contributed by atoms with Crippen molar-refractivity contribution in [3.8, 4) is 0 Å². The minimum atomic E-state index is -1.13. The number of imidazole rings is 1. The molecule has 0 saturated heterocycles. The molecule has 0 bridgehead atoms. The minimum Gasteiger partial charge on any atom is -0.478 e. The Kier molecular flexibility index (Phi) is 3.41. The van der Waals surface area contributed by atoms with E-state index in [-0.39, 0.29) is 5.56 Å². The summed E-state index contributed by atoms with van der Waals surface area (Å²) < 4.78 is 15.7. The Balaban J connectivity index is 2.27. The van der Waals surface area contributed by atoms with Crippen molar-refractivity contribution in [3.05, 3.63) is 53.4 Å². The van der Waals surface area contributed by atoms with Gasteiger partial charge >= 0.3 is 5.97 Å². The van der Waals surface area contributed by atoms with E-state index < -0.39 is 11.8 Å². The Bertz CT molecular complexity index is 578. The van der Waals surface area contributed by atoms with E-state index in [2.05, 4.69) is 4.98 Å². The van der Waals surface area contributed by atoms with Gasteiger partial charge in [0.25, 0.3) is 0 Å². The van der Waals surface area contributed by atoms with Crippen LogP contribution in [0.15, 0.2) is 30.6 Å². The summed E-state index contributed by atoms with van der Waals surface area (Å²) in [6.07, 6.45) is 3.85. The van der Waals surface area contributed by atoms with Crippen LogP contribution in [0.25, 0.3) is 0 Å². The van der Waals surface area contributed by atoms with E-state index in [0.717, 1.165) is 18.4 Å². The van der Waals surface area contributed by atoms with E-state index in [1.165, 1.54) is 12.1 Å². The van der Waals surface area contributed by atoms with Gasteiger partial charge in [0.1, 0.15) is 11.6 Å². The number of aromatic carboxylic acids is 1. The van der Waals surface area contributed by atoms with Gasteiger partial charge in [0.05, 0.1) is 5.56 Å². The van der Waals surface area contributed by atoms with Crippen molar-refractivity contribution in [1.29, 1.82) is 0 Å². The van der Waals surface area contributed by atoms with E-state index >= 15 is 0 Å². The molecule has 2 aromatic rings. The Labute approximate surface area is 104 Å². The summed E-state index contributed by atoms with van der Waals surface area (Å²) in [7, 11) is 0. The van der Waals surface area contributed by atoms with Crippen molar-refractivity contribution >= 4 is 5.97 Å². The van der Waals surface area contributed by atoms with Gasteiger partial charge in [-0.2, -0.15) is 0 Å². The molecule has 2 rings (SSSR count). The fourth-order valence-electron chi connectivity index (χ4n) is 1.79. The van der Waals surface area contributed by atoms with Gasteiger partial charge in [0, 0.05) is 25.4 Å². The largest absolute Gasteiger partial charge is 0.478 e. The molecule has 4 nitrogen and oxygen atoms in total. The molecule has 0 aliphatic rings. The highest BCUT2D eigenvalue weighted by molar-refractivity contribution is 5.87. The van der Waals surface area contributed by atoms with Crippen LogP contribution in [-0.2, 0) is 13.0 Å². The fraction of sp³-hybridized carbons (Fsp3) is 0.231. The monoisotopic (exact) mass is 248 g/mol. The second-order valence-corrected chi connectivity index (χ2v) is 3.92. The van der Waals surface area contributed by atoms with Crippen molar-refractivity contribution in [2.24, 2.45) is 0 Å². The predicted octanol–water partition coefficient (Wildman–Crippen LogP) is 2.33. The van der Waals surface area contributed by atoms with Crippen molar-refractivity contribution in [1.82, 2.24) is 9.55 Å². The molecule has 0 aliphatic carbocycles. The molecule has 0 amide bonds. The molecule has 0 aliphatic heterocycles. The molecule has 0 saturated carbocycles. The molecule has 0 unspecified atom stereocenters. The molecule has 1 aromatic heterocycles. The predicted molar refractivity (Wildman–Crippen MR) is 64.1 cm³/mol. The quantitative estimate of drug-likeness (QED) is 0.903. The first-order chi connectivity index (χ1) is 8.61. The molecule has 0 radical (unpaired) electrons. The van der Waals surface area contributed by atoms with Crippen LogP contribution >= 0.6 is 0 Å². The lowest BCUT2D eigenvalue weighted by molar-refractivity contribution is 0.0696. The number of rotatable bonds is 4. The number of hydrogen-bond donors (Lipinski definition) is 1. The van der Waals surface area contributed by atoms with Gasteiger partial charge in [0.2, 0.25) is 0 Å². The standard InChI is InChI=1S/C13H13FN2O2/c1-2-16-6-5-15-12(16)8-9-3-4-10(13(17)18)7-11(9)14/h3-7H,2,8H2,1H3,(H,17,18). The maximum atomic E-state index is 13.7. The third-order valence-corrected chi connectivity index (χ3v) is 2.79. The second-order valence-electron chi connectivity index (χ2n) is 3.92. The van der Waals surface area contributed by atoms with Gasteiger partial charge in [-0.15, -0.1) is 0 Å². The Morgan fingerprint density at radius 2 is 2.28 bits per heavy atom. The third-order valence-electron chi connectivity index (χ3n) is 2.79. The van der Waals surface area contributed by atoms with E-state index in [1.54, 1.807) is 6.20 Å². The molecule has 0 fully saturated rings. The number of nitrogens with zero attached hydrogens (tertiary/aromatic N) is 2. The lowest BCUT2D eigenvalue weighted by atomic mass is 10.1. The molecule has 1 aromatic carbocycles. The number of hydrogen-bond acceptors (Lipinski definition) is 2. The van der Waals surface area contributed by atoms with Crippen LogP contribution in [0.1, 0.15) is 28.7 Å². The molecular weight excluding hydrogens is 235 g/mol. The lowest BCUT2D eigenvalue weighted by Crippen LogP contribution is -2.04. The number of carbonyl (C=O) groups is 1. The summed E-state index contributed by atoms with van der Waals surface area (Å²) in [5, 5.41) is 8.76. The van der Waals surface area contributed by atoms with Gasteiger partial charge in [-0.05, 0) is 24.6 Å². The van der Waals surface area contributed by atoms with Crippen LogP contribution in [0.3, 0.4) is 0 Å². The van der Waals surface area contributed by atoms with Gasteiger partial charge in [-0.25, -0.2) is 14.2 Å². The SMILES string of the molecule is CCn1ccnc1Cc1ccc(C(=O)O)cc1F. The lowest BCUT2D eigenvalue weighted by Gasteiger charge is -2.06. The van der Waals surface area contributed by atoms with Crippen molar-refractivity contribution in [3.63, 3.8) is 0 Å².